The van der Waals surface area contributed by atoms with Crippen molar-refractivity contribution in [1.82, 2.24) is 0 Å². The number of aromatic hydroxyl groups is 2. The van der Waals surface area contributed by atoms with E-state index in [4.69, 9.17) is 18.9 Å². The van der Waals surface area contributed by atoms with Crippen LogP contribution < -0.4 is 4.74 Å². The SMILES string of the molecule is Cc1c(C(=O)CCc2ccccc2)c(O)c2c(O[C@@H]3O[C@H](CO)[C@]4(CC[C@@H]5CCC[C@H]6COC[C@H](CSSCO4)[C@@H]56)[C@H](O)[C@H]3O)cc(C(=O)O)cc2c1O. The smallest absolute Gasteiger partial charge is 0.335 e. The molecule has 12 nitrogen and oxygen atoms in total. The topological polar surface area (TPSA) is 192 Å². The van der Waals surface area contributed by atoms with Crippen LogP contribution in [-0.4, -0.2) is 104 Å². The fraction of sp³-hybridized carbons (Fsp3) is 0.550. The number of carboxylic acids is 1. The molecule has 9 atom stereocenters. The number of benzene rings is 3. The molecule has 4 fully saturated rings. The first-order valence-corrected chi connectivity index (χ1v) is 21.1. The monoisotopic (exact) mass is 784 g/mol. The second kappa shape index (κ2) is 16.6. The van der Waals surface area contributed by atoms with Crippen molar-refractivity contribution in [3.63, 3.8) is 0 Å². The molecule has 3 aliphatic heterocycles. The van der Waals surface area contributed by atoms with Crippen LogP contribution in [0.5, 0.6) is 17.2 Å². The van der Waals surface area contributed by atoms with Crippen LogP contribution in [0.2, 0.25) is 0 Å². The number of phenolic OH excluding ortho intramolecular Hbond substituents is 2. The van der Waals surface area contributed by atoms with Crippen LogP contribution in [0.4, 0.5) is 0 Å². The molecule has 0 bridgehead atoms. The molecule has 0 radical (unpaired) electrons. The summed E-state index contributed by atoms with van der Waals surface area (Å²) in [6, 6.07) is 11.6. The van der Waals surface area contributed by atoms with Crippen LogP contribution in [0.25, 0.3) is 10.8 Å². The molecule has 1 aliphatic carbocycles. The Balaban J connectivity index is 1.20. The third kappa shape index (κ3) is 7.43. The Labute approximate surface area is 321 Å². The summed E-state index contributed by atoms with van der Waals surface area (Å²) in [6.45, 7) is 2.33. The van der Waals surface area contributed by atoms with E-state index in [0.29, 0.717) is 49.5 Å². The van der Waals surface area contributed by atoms with Gasteiger partial charge in [-0.15, -0.1) is 0 Å². The highest BCUT2D eigenvalue weighted by molar-refractivity contribution is 8.76. The van der Waals surface area contributed by atoms with Gasteiger partial charge in [-0.05, 0) is 74.0 Å². The largest absolute Gasteiger partial charge is 0.507 e. The third-order valence-electron chi connectivity index (χ3n) is 12.0. The second-order valence-electron chi connectivity index (χ2n) is 15.0. The number of Topliss-reactive ketones (excluding diaryl/α,β-unsaturated/α-hetero) is 1. The van der Waals surface area contributed by atoms with Crippen LogP contribution >= 0.6 is 21.6 Å². The van der Waals surface area contributed by atoms with E-state index in [2.05, 4.69) is 0 Å². The van der Waals surface area contributed by atoms with E-state index < -0.39 is 60.1 Å². The molecule has 0 aromatic heterocycles. The summed E-state index contributed by atoms with van der Waals surface area (Å²) >= 11 is 0. The zero-order chi connectivity index (χ0) is 38.1. The van der Waals surface area contributed by atoms with Gasteiger partial charge in [0, 0.05) is 29.7 Å². The summed E-state index contributed by atoms with van der Waals surface area (Å²) in [7, 11) is 3.17. The molecule has 4 aliphatic rings. The predicted molar refractivity (Wildman–Crippen MR) is 203 cm³/mol. The Morgan fingerprint density at radius 2 is 1.74 bits per heavy atom. The Hall–Kier alpha value is -3.08. The lowest BCUT2D eigenvalue weighted by Gasteiger charge is -2.51. The molecule has 7 rings (SSSR count). The summed E-state index contributed by atoms with van der Waals surface area (Å²) in [6.07, 6.45) is -1.59. The van der Waals surface area contributed by atoms with Crippen LogP contribution in [0, 0.1) is 30.6 Å². The quantitative estimate of drug-likeness (QED) is 0.0959. The van der Waals surface area contributed by atoms with Gasteiger partial charge in [-0.25, -0.2) is 4.79 Å². The number of hydrogen-bond donors (Lipinski definition) is 6. The van der Waals surface area contributed by atoms with Crippen molar-refractivity contribution in [2.45, 2.75) is 82.1 Å². The van der Waals surface area contributed by atoms with E-state index in [0.717, 1.165) is 49.3 Å². The number of carbonyl (C=O) groups excluding carboxylic acids is 1. The van der Waals surface area contributed by atoms with Crippen molar-refractivity contribution in [3.05, 3.63) is 64.7 Å². The van der Waals surface area contributed by atoms with Crippen molar-refractivity contribution in [2.24, 2.45) is 23.7 Å². The maximum atomic E-state index is 13.6. The van der Waals surface area contributed by atoms with Gasteiger partial charge in [-0.3, -0.25) is 4.79 Å². The molecular weight excluding hydrogens is 737 g/mol. The minimum atomic E-state index is -1.75. The molecule has 3 aromatic rings. The van der Waals surface area contributed by atoms with E-state index in [9.17, 15) is 40.2 Å². The lowest BCUT2D eigenvalue weighted by Crippen LogP contribution is -2.69. The van der Waals surface area contributed by atoms with E-state index >= 15 is 0 Å². The molecule has 14 heteroatoms. The number of phenols is 2. The number of aromatic carboxylic acids is 1. The number of aliphatic hydroxyl groups excluding tert-OH is 3. The highest BCUT2D eigenvalue weighted by Gasteiger charge is 2.58. The van der Waals surface area contributed by atoms with Gasteiger partial charge in [-0.2, -0.15) is 0 Å². The van der Waals surface area contributed by atoms with Gasteiger partial charge in [-0.1, -0.05) is 64.8 Å². The minimum Gasteiger partial charge on any atom is -0.507 e. The predicted octanol–water partition coefficient (Wildman–Crippen LogP) is 5.46. The van der Waals surface area contributed by atoms with Crippen LogP contribution in [0.3, 0.4) is 0 Å². The van der Waals surface area contributed by atoms with Gasteiger partial charge in [0.2, 0.25) is 6.29 Å². The van der Waals surface area contributed by atoms with Crippen molar-refractivity contribution in [2.75, 3.05) is 31.5 Å². The average Bonchev–Trinajstić information content (AvgIpc) is 3.21. The first-order valence-electron chi connectivity index (χ1n) is 18.6. The van der Waals surface area contributed by atoms with Gasteiger partial charge >= 0.3 is 5.97 Å². The first-order chi connectivity index (χ1) is 26.0. The van der Waals surface area contributed by atoms with Gasteiger partial charge in [0.1, 0.15) is 47.1 Å². The van der Waals surface area contributed by atoms with Crippen molar-refractivity contribution < 1.29 is 59.2 Å². The molecule has 0 amide bonds. The highest BCUT2D eigenvalue weighted by atomic mass is 33.1. The first kappa shape index (κ1) is 39.2. The molecule has 1 spiro atoms. The van der Waals surface area contributed by atoms with Gasteiger partial charge in [0.25, 0.3) is 0 Å². The highest BCUT2D eigenvalue weighted by Crippen LogP contribution is 2.50. The summed E-state index contributed by atoms with van der Waals surface area (Å²) in [5, 5.41) is 67.1. The number of carboxylic acid groups (broad SMARTS) is 1. The molecule has 1 saturated carbocycles. The molecule has 3 heterocycles. The van der Waals surface area contributed by atoms with Gasteiger partial charge in [0.15, 0.2) is 5.78 Å². The standard InChI is InChI=1S/C40H48O12S2/c1-21-31(28(42)11-10-22-6-3-2-4-7-22)35(44)33-27(34(21)43)14-25(38(47)48)15-29(33)51-39-36(45)37(46)40(30(16-41)52-39)13-12-23-8-5-9-24-17-49-18-26(32(23)24)19-53-54-20-50-40/h2-4,6-7,14-15,23-24,26,30,32,36-37,39,41,43-46H,5,8-13,16-20H2,1H3,(H,47,48)/t23-,24-,26+,30+,32-,36+,37+,39+,40+/m0/s1. The second-order valence-corrected chi connectivity index (χ2v) is 17.5. The number of fused-ring (bicyclic) bond motifs is 1. The number of hydrogen-bond acceptors (Lipinski definition) is 13. The average molecular weight is 785 g/mol. The fourth-order valence-corrected chi connectivity index (χ4v) is 11.4. The fourth-order valence-electron chi connectivity index (χ4n) is 9.29. The van der Waals surface area contributed by atoms with Crippen LogP contribution in [-0.2, 0) is 20.6 Å². The van der Waals surface area contributed by atoms with Crippen molar-refractivity contribution in [3.8, 4) is 17.2 Å². The van der Waals surface area contributed by atoms with Crippen molar-refractivity contribution >= 4 is 44.1 Å². The van der Waals surface area contributed by atoms with E-state index in [1.165, 1.54) is 17.7 Å². The molecule has 292 valence electrons. The Bertz CT molecular complexity index is 1830. The zero-order valence-electron chi connectivity index (χ0n) is 30.1. The van der Waals surface area contributed by atoms with Crippen LogP contribution in [0.1, 0.15) is 70.4 Å². The molecular formula is C40H48O12S2. The van der Waals surface area contributed by atoms with Gasteiger partial charge in [0.05, 0.1) is 29.7 Å². The molecule has 54 heavy (non-hydrogen) atoms. The molecule has 3 saturated heterocycles. The summed E-state index contributed by atoms with van der Waals surface area (Å²) < 4.78 is 24.8. The molecule has 6 N–H and O–H groups in total. The lowest BCUT2D eigenvalue weighted by atomic mass is 9.63. The third-order valence-corrected chi connectivity index (χ3v) is 14.2. The number of carbonyl (C=O) groups is 2. The van der Waals surface area contributed by atoms with E-state index in [-0.39, 0.29) is 45.6 Å². The van der Waals surface area contributed by atoms with Crippen LogP contribution in [0.15, 0.2) is 42.5 Å². The van der Waals surface area contributed by atoms with E-state index in [1.807, 2.05) is 30.3 Å². The number of ketones is 1. The van der Waals surface area contributed by atoms with Crippen molar-refractivity contribution in [1.29, 1.82) is 0 Å². The Morgan fingerprint density at radius 3 is 2.50 bits per heavy atom. The summed E-state index contributed by atoms with van der Waals surface area (Å²) in [5.41, 5.74) is -0.993. The number of rotatable bonds is 8. The normalized spacial score (nSPS) is 31.7. The Morgan fingerprint density at radius 1 is 0.981 bits per heavy atom. The summed E-state index contributed by atoms with van der Waals surface area (Å²) in [5.74, 6) is -0.356. The van der Waals surface area contributed by atoms with Gasteiger partial charge < -0.3 is 49.6 Å². The summed E-state index contributed by atoms with van der Waals surface area (Å²) in [4.78, 5) is 25.8. The molecule has 3 aromatic carbocycles. The van der Waals surface area contributed by atoms with E-state index in [1.54, 1.807) is 10.8 Å². The Kier molecular flexibility index (Phi) is 12.0. The number of aliphatic hydroxyl groups is 3. The lowest BCUT2D eigenvalue weighted by molar-refractivity contribution is -0.322. The number of aryl methyl sites for hydroxylation is 1. The maximum absolute atomic E-state index is 13.6. The maximum Gasteiger partial charge on any atom is 0.335 e. The molecule has 0 unspecified atom stereocenters. The minimum absolute atomic E-state index is 0.0111. The zero-order valence-corrected chi connectivity index (χ0v) is 31.7. The number of ether oxygens (including phenoxy) is 4.